The maximum Gasteiger partial charge on any atom is 0.107 e. The molecule has 15 heavy (non-hydrogen) atoms. The molecule has 1 aliphatic heterocycles. The van der Waals surface area contributed by atoms with Gasteiger partial charge in [-0.25, -0.2) is 4.99 Å². The molecular weight excluding hydrogens is 194 g/mol. The maximum atomic E-state index is 5.22. The minimum Gasteiger partial charge on any atom is -0.378 e. The van der Waals surface area contributed by atoms with E-state index in [1.807, 2.05) is 6.34 Å². The molecule has 0 aliphatic carbocycles. The van der Waals surface area contributed by atoms with Crippen LogP contribution in [0, 0.1) is 0 Å². The third-order valence-corrected chi connectivity index (χ3v) is 2.04. The number of hydrogen-bond donors (Lipinski definition) is 1. The van der Waals surface area contributed by atoms with Crippen molar-refractivity contribution in [1.82, 2.24) is 20.3 Å². The summed E-state index contributed by atoms with van der Waals surface area (Å²) in [6.07, 6.45) is 6.95. The van der Waals surface area contributed by atoms with Gasteiger partial charge in [-0.05, 0) is 6.08 Å². The highest BCUT2D eigenvalue weighted by atomic mass is 16.5. The Kier molecular flexibility index (Phi) is 3.45. The van der Waals surface area contributed by atoms with Crippen molar-refractivity contribution < 1.29 is 4.74 Å². The van der Waals surface area contributed by atoms with Crippen LogP contribution in [0.4, 0.5) is 0 Å². The number of aromatic nitrogens is 3. The van der Waals surface area contributed by atoms with Crippen molar-refractivity contribution >= 4 is 12.4 Å². The zero-order valence-corrected chi connectivity index (χ0v) is 8.33. The molecule has 0 spiro atoms. The zero-order chi connectivity index (χ0) is 10.3. The van der Waals surface area contributed by atoms with Crippen LogP contribution < -0.4 is 0 Å². The monoisotopic (exact) mass is 207 g/mol. The third-order valence-electron chi connectivity index (χ3n) is 2.04. The lowest BCUT2D eigenvalue weighted by molar-refractivity contribution is 0.0701. The van der Waals surface area contributed by atoms with Crippen LogP contribution in [0.3, 0.4) is 0 Å². The van der Waals surface area contributed by atoms with Crippen molar-refractivity contribution in [3.8, 4) is 0 Å². The minimum atomic E-state index is 0.772. The van der Waals surface area contributed by atoms with Crippen molar-refractivity contribution in [2.75, 3.05) is 26.3 Å². The normalized spacial score (nSPS) is 18.0. The molecule has 1 aliphatic rings. The summed E-state index contributed by atoms with van der Waals surface area (Å²) in [6, 6.07) is 0. The number of aromatic amines is 1. The second kappa shape index (κ2) is 5.26. The minimum absolute atomic E-state index is 0.772. The number of rotatable bonds is 3. The highest BCUT2D eigenvalue weighted by molar-refractivity contribution is 5.57. The van der Waals surface area contributed by atoms with Gasteiger partial charge in [-0.1, -0.05) is 0 Å². The fourth-order valence-electron chi connectivity index (χ4n) is 1.24. The van der Waals surface area contributed by atoms with Gasteiger partial charge in [-0.2, -0.15) is 15.4 Å². The summed E-state index contributed by atoms with van der Waals surface area (Å²) in [7, 11) is 0. The molecule has 0 saturated carbocycles. The van der Waals surface area contributed by atoms with Gasteiger partial charge in [0.15, 0.2) is 0 Å². The van der Waals surface area contributed by atoms with E-state index >= 15 is 0 Å². The smallest absolute Gasteiger partial charge is 0.107 e. The van der Waals surface area contributed by atoms with Crippen LogP contribution in [0.15, 0.2) is 17.4 Å². The van der Waals surface area contributed by atoms with Gasteiger partial charge < -0.3 is 9.64 Å². The topological polar surface area (TPSA) is 66.4 Å². The first-order valence-electron chi connectivity index (χ1n) is 4.82. The number of ether oxygens (including phenoxy) is 1. The molecule has 1 aromatic rings. The first-order chi connectivity index (χ1) is 7.45. The standard InChI is InChI=1S/C9H13N5O/c1(9-7-11-13-12-9)2-10-8-14-3-5-15-6-4-14/h1-2,7-8H,3-6H2,(H,11,12,13)/b2-1+,10-8?. The van der Waals surface area contributed by atoms with Gasteiger partial charge in [0, 0.05) is 19.3 Å². The Morgan fingerprint density at radius 1 is 1.47 bits per heavy atom. The molecule has 6 nitrogen and oxygen atoms in total. The van der Waals surface area contributed by atoms with Gasteiger partial charge in [0.05, 0.1) is 25.7 Å². The number of H-pyrrole nitrogens is 1. The van der Waals surface area contributed by atoms with Crippen LogP contribution >= 0.6 is 0 Å². The molecule has 80 valence electrons. The highest BCUT2D eigenvalue weighted by Crippen LogP contribution is 1.95. The summed E-state index contributed by atoms with van der Waals surface area (Å²) in [5, 5.41) is 10.1. The molecule has 1 aromatic heterocycles. The predicted molar refractivity (Wildman–Crippen MR) is 56.3 cm³/mol. The number of nitrogens with zero attached hydrogens (tertiary/aromatic N) is 4. The predicted octanol–water partition coefficient (Wildman–Crippen LogP) is 0.136. The average molecular weight is 207 g/mol. The quantitative estimate of drug-likeness (QED) is 0.565. The van der Waals surface area contributed by atoms with E-state index in [1.165, 1.54) is 0 Å². The Balaban J connectivity index is 1.79. The van der Waals surface area contributed by atoms with Gasteiger partial charge >= 0.3 is 0 Å². The molecule has 2 rings (SSSR count). The molecule has 1 saturated heterocycles. The van der Waals surface area contributed by atoms with Crippen molar-refractivity contribution in [2.24, 2.45) is 4.99 Å². The summed E-state index contributed by atoms with van der Waals surface area (Å²) in [5.74, 6) is 0. The maximum absolute atomic E-state index is 5.22. The van der Waals surface area contributed by atoms with E-state index in [9.17, 15) is 0 Å². The molecule has 0 bridgehead atoms. The SMILES string of the molecule is C(=N/C=C/c1cn[nH]n1)N1CCOCC1. The van der Waals surface area contributed by atoms with Crippen molar-refractivity contribution in [3.63, 3.8) is 0 Å². The summed E-state index contributed by atoms with van der Waals surface area (Å²) >= 11 is 0. The Morgan fingerprint density at radius 2 is 2.33 bits per heavy atom. The third kappa shape index (κ3) is 3.17. The molecule has 0 atom stereocenters. The van der Waals surface area contributed by atoms with Crippen LogP contribution in [0.25, 0.3) is 6.08 Å². The highest BCUT2D eigenvalue weighted by Gasteiger charge is 2.04. The van der Waals surface area contributed by atoms with Crippen LogP contribution in [0.1, 0.15) is 5.69 Å². The van der Waals surface area contributed by atoms with Crippen molar-refractivity contribution in [3.05, 3.63) is 18.1 Å². The summed E-state index contributed by atoms with van der Waals surface area (Å²) in [4.78, 5) is 6.27. The molecular formula is C9H13N5O. The van der Waals surface area contributed by atoms with E-state index in [-0.39, 0.29) is 0 Å². The van der Waals surface area contributed by atoms with Crippen molar-refractivity contribution in [2.45, 2.75) is 0 Å². The first-order valence-corrected chi connectivity index (χ1v) is 4.82. The second-order valence-electron chi connectivity index (χ2n) is 3.12. The van der Waals surface area contributed by atoms with Gasteiger partial charge in [-0.3, -0.25) is 0 Å². The molecule has 1 fully saturated rings. The van der Waals surface area contributed by atoms with Gasteiger partial charge in [0.2, 0.25) is 0 Å². The van der Waals surface area contributed by atoms with Crippen LogP contribution in [-0.2, 0) is 4.74 Å². The summed E-state index contributed by atoms with van der Waals surface area (Å²) < 4.78 is 5.22. The van der Waals surface area contributed by atoms with Crippen LogP contribution in [0.2, 0.25) is 0 Å². The van der Waals surface area contributed by atoms with Gasteiger partial charge in [-0.15, -0.1) is 0 Å². The molecule has 6 heteroatoms. The van der Waals surface area contributed by atoms with E-state index in [4.69, 9.17) is 4.74 Å². The van der Waals surface area contributed by atoms with E-state index in [0.29, 0.717) is 0 Å². The van der Waals surface area contributed by atoms with E-state index < -0.39 is 0 Å². The molecule has 1 N–H and O–H groups in total. The molecule has 2 heterocycles. The van der Waals surface area contributed by atoms with Crippen LogP contribution in [-0.4, -0.2) is 53.0 Å². The first kappa shape index (κ1) is 9.85. The fraction of sp³-hybridized carbons (Fsp3) is 0.444. The van der Waals surface area contributed by atoms with Crippen molar-refractivity contribution in [1.29, 1.82) is 0 Å². The fourth-order valence-corrected chi connectivity index (χ4v) is 1.24. The number of hydrogen-bond acceptors (Lipinski definition) is 4. The lowest BCUT2D eigenvalue weighted by Gasteiger charge is -2.23. The average Bonchev–Trinajstić information content (AvgIpc) is 2.79. The van der Waals surface area contributed by atoms with Gasteiger partial charge in [0.1, 0.15) is 5.69 Å². The Bertz CT molecular complexity index is 326. The molecule has 0 unspecified atom stereocenters. The van der Waals surface area contributed by atoms with Gasteiger partial charge in [0.25, 0.3) is 0 Å². The summed E-state index contributed by atoms with van der Waals surface area (Å²) in [6.45, 7) is 3.36. The number of nitrogens with one attached hydrogen (secondary N) is 1. The number of aliphatic imine (C=N–C) groups is 1. The Labute approximate surface area is 87.6 Å². The van der Waals surface area contributed by atoms with E-state index in [1.54, 1.807) is 18.5 Å². The molecule has 0 radical (unpaired) electrons. The van der Waals surface area contributed by atoms with E-state index in [2.05, 4.69) is 25.3 Å². The zero-order valence-electron chi connectivity index (χ0n) is 8.33. The lowest BCUT2D eigenvalue weighted by Crippen LogP contribution is -2.34. The summed E-state index contributed by atoms with van der Waals surface area (Å²) in [5.41, 5.74) is 0.772. The number of morpholine rings is 1. The molecule has 0 amide bonds. The Morgan fingerprint density at radius 3 is 3.07 bits per heavy atom. The largest absolute Gasteiger partial charge is 0.378 e. The molecule has 0 aromatic carbocycles. The Hall–Kier alpha value is -1.69. The van der Waals surface area contributed by atoms with E-state index in [0.717, 1.165) is 32.0 Å². The van der Waals surface area contributed by atoms with Crippen LogP contribution in [0.5, 0.6) is 0 Å². The second-order valence-corrected chi connectivity index (χ2v) is 3.12. The lowest BCUT2D eigenvalue weighted by atomic mass is 10.4.